The van der Waals surface area contributed by atoms with Crippen LogP contribution in [0.25, 0.3) is 86.5 Å². The van der Waals surface area contributed by atoms with Crippen molar-refractivity contribution in [2.45, 2.75) is 0 Å². The molecule has 1 heterocycles. The van der Waals surface area contributed by atoms with Crippen molar-refractivity contribution in [3.05, 3.63) is 152 Å². The zero-order chi connectivity index (χ0) is 29.2. The molecule has 10 aromatic rings. The largest absolute Gasteiger partial charge is 0.242 e. The van der Waals surface area contributed by atoms with Crippen LogP contribution in [-0.2, 0) is 0 Å². The summed E-state index contributed by atoms with van der Waals surface area (Å²) in [6.07, 6.45) is 0. The van der Waals surface area contributed by atoms with Crippen molar-refractivity contribution in [2.75, 3.05) is 0 Å². The van der Waals surface area contributed by atoms with Crippen molar-refractivity contribution in [2.24, 2.45) is 0 Å². The van der Waals surface area contributed by atoms with Gasteiger partial charge in [-0.05, 0) is 123 Å². The maximum absolute atomic E-state index is 2.49. The first-order valence-electron chi connectivity index (χ1n) is 15.9. The lowest BCUT2D eigenvalue weighted by molar-refractivity contribution is 1.72. The van der Waals surface area contributed by atoms with Crippen LogP contribution in [0.3, 0.4) is 0 Å². The van der Waals surface area contributed by atoms with E-state index in [1.54, 1.807) is 0 Å². The first-order chi connectivity index (χ1) is 22.3. The van der Waals surface area contributed by atoms with E-state index in [1.807, 2.05) is 0 Å². The molecule has 0 unspecified atom stereocenters. The van der Waals surface area contributed by atoms with Crippen molar-refractivity contribution in [1.29, 1.82) is 0 Å². The first kappa shape index (κ1) is 23.8. The van der Waals surface area contributed by atoms with E-state index >= 15 is 0 Å². The van der Waals surface area contributed by atoms with E-state index in [-0.39, 0.29) is 6.71 Å². The molecule has 1 aliphatic heterocycles. The number of benzene rings is 10. The Balaban J connectivity index is 1.29. The summed E-state index contributed by atoms with van der Waals surface area (Å²) < 4.78 is 0. The average Bonchev–Trinajstić information content (AvgIpc) is 3.08. The Morgan fingerprint density at radius 2 is 0.778 bits per heavy atom. The molecular formula is C44H25B. The molecule has 0 aliphatic carbocycles. The van der Waals surface area contributed by atoms with Gasteiger partial charge in [-0.25, -0.2) is 0 Å². The van der Waals surface area contributed by atoms with Crippen LogP contribution in [0.1, 0.15) is 0 Å². The quantitative estimate of drug-likeness (QED) is 0.106. The molecular weight excluding hydrogens is 539 g/mol. The number of hydrogen-bond acceptors (Lipinski definition) is 0. The van der Waals surface area contributed by atoms with Crippen LogP contribution in [0.5, 0.6) is 0 Å². The van der Waals surface area contributed by atoms with Crippen LogP contribution in [0.2, 0.25) is 0 Å². The Morgan fingerprint density at radius 1 is 0.267 bits per heavy atom. The SMILES string of the molecule is c1ccc2cc3cc(B4c5cc6cc7ccccc7cc6cc5-c5cc6cccc7ccc8ccc4c5c8c76)ccc3cc2c1. The van der Waals surface area contributed by atoms with Crippen molar-refractivity contribution in [3.63, 3.8) is 0 Å². The summed E-state index contributed by atoms with van der Waals surface area (Å²) in [6.45, 7) is 0.129. The Morgan fingerprint density at radius 3 is 1.51 bits per heavy atom. The molecule has 0 aromatic heterocycles. The van der Waals surface area contributed by atoms with E-state index < -0.39 is 0 Å². The highest BCUT2D eigenvalue weighted by Gasteiger charge is 2.33. The molecule has 0 N–H and O–H groups in total. The molecule has 0 nitrogen and oxygen atoms in total. The topological polar surface area (TPSA) is 0 Å². The molecule has 1 heteroatoms. The van der Waals surface area contributed by atoms with Gasteiger partial charge in [-0.1, -0.05) is 132 Å². The maximum Gasteiger partial charge on any atom is 0.242 e. The third kappa shape index (κ3) is 3.22. The third-order valence-corrected chi connectivity index (χ3v) is 10.5. The van der Waals surface area contributed by atoms with Crippen LogP contribution in [0.4, 0.5) is 0 Å². The highest BCUT2D eigenvalue weighted by Crippen LogP contribution is 2.42. The molecule has 11 rings (SSSR count). The molecule has 10 aromatic carbocycles. The molecule has 0 fully saturated rings. The molecule has 0 spiro atoms. The summed E-state index contributed by atoms with van der Waals surface area (Å²) in [6, 6.07) is 57.5. The second-order valence-corrected chi connectivity index (χ2v) is 12.9. The number of hydrogen-bond donors (Lipinski definition) is 0. The predicted molar refractivity (Wildman–Crippen MR) is 197 cm³/mol. The third-order valence-electron chi connectivity index (χ3n) is 10.5. The van der Waals surface area contributed by atoms with Gasteiger partial charge in [0.2, 0.25) is 6.71 Å². The normalized spacial score (nSPS) is 12.8. The fourth-order valence-corrected chi connectivity index (χ4v) is 8.48. The zero-order valence-electron chi connectivity index (χ0n) is 24.5. The summed E-state index contributed by atoms with van der Waals surface area (Å²) in [5.41, 5.74) is 6.86. The van der Waals surface area contributed by atoms with Crippen molar-refractivity contribution < 1.29 is 0 Å². The van der Waals surface area contributed by atoms with E-state index in [9.17, 15) is 0 Å². The van der Waals surface area contributed by atoms with Crippen LogP contribution in [0, 0.1) is 0 Å². The molecule has 45 heavy (non-hydrogen) atoms. The van der Waals surface area contributed by atoms with Gasteiger partial charge in [0.25, 0.3) is 0 Å². The lowest BCUT2D eigenvalue weighted by Gasteiger charge is -2.29. The minimum absolute atomic E-state index is 0.129. The Labute approximate surface area is 260 Å². The van der Waals surface area contributed by atoms with Gasteiger partial charge >= 0.3 is 0 Å². The van der Waals surface area contributed by atoms with Gasteiger partial charge in [-0.2, -0.15) is 0 Å². The van der Waals surface area contributed by atoms with Gasteiger partial charge in [0.1, 0.15) is 0 Å². The van der Waals surface area contributed by atoms with Crippen LogP contribution in [-0.4, -0.2) is 6.71 Å². The molecule has 0 saturated carbocycles. The van der Waals surface area contributed by atoms with Gasteiger partial charge < -0.3 is 0 Å². The summed E-state index contributed by atoms with van der Waals surface area (Å²) in [4.78, 5) is 0. The molecule has 204 valence electrons. The lowest BCUT2D eigenvalue weighted by atomic mass is 9.33. The van der Waals surface area contributed by atoms with Gasteiger partial charge in [0.15, 0.2) is 0 Å². The van der Waals surface area contributed by atoms with E-state index in [4.69, 9.17) is 0 Å². The van der Waals surface area contributed by atoms with Crippen LogP contribution < -0.4 is 16.4 Å². The first-order valence-corrected chi connectivity index (χ1v) is 15.9. The average molecular weight is 564 g/mol. The van der Waals surface area contributed by atoms with Gasteiger partial charge in [0.05, 0.1) is 0 Å². The number of fused-ring (bicyclic) bond motifs is 6. The van der Waals surface area contributed by atoms with Crippen molar-refractivity contribution in [1.82, 2.24) is 0 Å². The zero-order valence-corrected chi connectivity index (χ0v) is 24.5. The lowest BCUT2D eigenvalue weighted by Crippen LogP contribution is -2.54. The molecule has 0 bridgehead atoms. The molecule has 1 aliphatic rings. The van der Waals surface area contributed by atoms with Gasteiger partial charge in [-0.3, -0.25) is 0 Å². The maximum atomic E-state index is 2.49. The summed E-state index contributed by atoms with van der Waals surface area (Å²) in [7, 11) is 0. The Hall–Kier alpha value is -5.66. The summed E-state index contributed by atoms with van der Waals surface area (Å²) in [5, 5.41) is 18.5. The smallest absolute Gasteiger partial charge is 0.0680 e. The summed E-state index contributed by atoms with van der Waals surface area (Å²) in [5.74, 6) is 0. The van der Waals surface area contributed by atoms with Gasteiger partial charge in [-0.15, -0.1) is 0 Å². The fraction of sp³-hybridized carbons (Fsp3) is 0. The molecule has 0 atom stereocenters. The fourth-order valence-electron chi connectivity index (χ4n) is 8.48. The number of rotatable bonds is 1. The molecule has 0 radical (unpaired) electrons. The predicted octanol–water partition coefficient (Wildman–Crippen LogP) is 9.69. The highest BCUT2D eigenvalue weighted by atomic mass is 14.2. The van der Waals surface area contributed by atoms with E-state index in [0.29, 0.717) is 0 Å². The molecule has 0 saturated heterocycles. The highest BCUT2D eigenvalue weighted by molar-refractivity contribution is 6.99. The van der Waals surface area contributed by atoms with E-state index in [2.05, 4.69) is 152 Å². The van der Waals surface area contributed by atoms with E-state index in [1.165, 1.54) is 103 Å². The molecule has 0 amide bonds. The van der Waals surface area contributed by atoms with Gasteiger partial charge in [0, 0.05) is 0 Å². The minimum Gasteiger partial charge on any atom is -0.0680 e. The minimum atomic E-state index is 0.129. The van der Waals surface area contributed by atoms with Crippen molar-refractivity contribution in [3.8, 4) is 11.1 Å². The second kappa shape index (κ2) is 8.49. The second-order valence-electron chi connectivity index (χ2n) is 12.9. The summed E-state index contributed by atoms with van der Waals surface area (Å²) >= 11 is 0. The van der Waals surface area contributed by atoms with Crippen LogP contribution in [0.15, 0.2) is 152 Å². The monoisotopic (exact) mass is 564 g/mol. The Bertz CT molecular complexity index is 2880. The van der Waals surface area contributed by atoms with Crippen molar-refractivity contribution >= 4 is 98.5 Å². The van der Waals surface area contributed by atoms with Crippen LogP contribution >= 0.6 is 0 Å². The standard InChI is InChI=1S/C44H25B/c1-2-7-29-19-34-22-37(16-14-32(34)18-28(29)6-1)45-40-17-15-27-13-12-26-10-5-11-33-23-39(44(40)43(27)42(26)33)38-24-35-20-30-8-3-4-9-31(30)21-36(35)25-41(38)45/h1-25H. The Kier molecular flexibility index (Phi) is 4.48. The van der Waals surface area contributed by atoms with E-state index in [0.717, 1.165) is 0 Å².